The van der Waals surface area contributed by atoms with E-state index in [-0.39, 0.29) is 34.5 Å². The lowest BCUT2D eigenvalue weighted by molar-refractivity contribution is -0.385. The van der Waals surface area contributed by atoms with Crippen molar-refractivity contribution in [1.29, 1.82) is 0 Å². The molecule has 4 aromatic rings. The first-order chi connectivity index (χ1) is 22.4. The number of benzene rings is 4. The normalized spacial score (nSPS) is 11.1. The van der Waals surface area contributed by atoms with E-state index in [0.29, 0.717) is 22.0 Å². The average molecular weight is 701 g/mol. The number of nitro benzene ring substituents is 1. The predicted octanol–water partition coefficient (Wildman–Crippen LogP) is 5.58. The Morgan fingerprint density at radius 2 is 1.70 bits per heavy atom. The molecular formula is C31H27Cl2N5O8S. The van der Waals surface area contributed by atoms with Crippen LogP contribution in [-0.4, -0.2) is 51.6 Å². The van der Waals surface area contributed by atoms with Gasteiger partial charge in [0.25, 0.3) is 27.5 Å². The summed E-state index contributed by atoms with van der Waals surface area (Å²) in [4.78, 5) is 35.5. The van der Waals surface area contributed by atoms with E-state index in [1.165, 1.54) is 50.6 Å². The van der Waals surface area contributed by atoms with Gasteiger partial charge in [0.15, 0.2) is 6.61 Å². The zero-order chi connectivity index (χ0) is 34.1. The Morgan fingerprint density at radius 3 is 2.38 bits per heavy atom. The summed E-state index contributed by atoms with van der Waals surface area (Å²) in [6.07, 6.45) is 1.32. The van der Waals surface area contributed by atoms with Crippen LogP contribution in [0.25, 0.3) is 0 Å². The maximum absolute atomic E-state index is 13.8. The molecule has 16 heteroatoms. The Balaban J connectivity index is 1.45. The van der Waals surface area contributed by atoms with Crippen LogP contribution in [0.5, 0.6) is 11.5 Å². The minimum Gasteiger partial charge on any atom is -0.495 e. The second-order valence-electron chi connectivity index (χ2n) is 9.74. The van der Waals surface area contributed by atoms with E-state index in [2.05, 4.69) is 15.8 Å². The van der Waals surface area contributed by atoms with Crippen molar-refractivity contribution >= 4 is 68.3 Å². The van der Waals surface area contributed by atoms with Crippen LogP contribution in [0, 0.1) is 17.0 Å². The molecule has 0 radical (unpaired) electrons. The Labute approximate surface area is 279 Å². The van der Waals surface area contributed by atoms with Crippen molar-refractivity contribution < 1.29 is 32.4 Å². The number of anilines is 2. The summed E-state index contributed by atoms with van der Waals surface area (Å²) in [5.41, 5.74) is 3.14. The van der Waals surface area contributed by atoms with Crippen LogP contribution in [0.15, 0.2) is 94.9 Å². The van der Waals surface area contributed by atoms with E-state index >= 15 is 0 Å². The first-order valence-corrected chi connectivity index (χ1v) is 15.8. The van der Waals surface area contributed by atoms with Crippen molar-refractivity contribution in [3.05, 3.63) is 116 Å². The predicted molar refractivity (Wildman–Crippen MR) is 178 cm³/mol. The molecule has 4 aromatic carbocycles. The van der Waals surface area contributed by atoms with Crippen molar-refractivity contribution in [3.63, 3.8) is 0 Å². The van der Waals surface area contributed by atoms with E-state index < -0.39 is 38.0 Å². The van der Waals surface area contributed by atoms with Gasteiger partial charge in [-0.3, -0.25) is 24.0 Å². The summed E-state index contributed by atoms with van der Waals surface area (Å²) >= 11 is 12.1. The number of hydrazone groups is 1. The number of ether oxygens (including phenoxy) is 2. The molecule has 0 atom stereocenters. The molecule has 47 heavy (non-hydrogen) atoms. The number of amides is 2. The van der Waals surface area contributed by atoms with Crippen LogP contribution >= 0.6 is 23.2 Å². The Hall–Kier alpha value is -5.18. The maximum atomic E-state index is 13.8. The molecule has 0 aliphatic heterocycles. The van der Waals surface area contributed by atoms with Crippen LogP contribution in [0.2, 0.25) is 10.0 Å². The molecule has 0 spiro atoms. The van der Waals surface area contributed by atoms with Crippen molar-refractivity contribution in [2.75, 3.05) is 29.9 Å². The molecule has 2 N–H and O–H groups in total. The summed E-state index contributed by atoms with van der Waals surface area (Å²) in [6.45, 7) is 0.450. The summed E-state index contributed by atoms with van der Waals surface area (Å²) < 4.78 is 39.1. The van der Waals surface area contributed by atoms with Gasteiger partial charge in [0, 0.05) is 27.4 Å². The number of rotatable bonds is 13. The molecule has 0 saturated heterocycles. The zero-order valence-corrected chi connectivity index (χ0v) is 27.2. The molecule has 0 saturated carbocycles. The summed E-state index contributed by atoms with van der Waals surface area (Å²) in [6, 6.07) is 20.7. The van der Waals surface area contributed by atoms with Gasteiger partial charge < -0.3 is 14.8 Å². The first kappa shape index (κ1) is 34.7. The highest BCUT2D eigenvalue weighted by atomic mass is 35.5. The first-order valence-electron chi connectivity index (χ1n) is 13.6. The molecular weight excluding hydrogens is 673 g/mol. The number of nitrogens with zero attached hydrogens (tertiary/aromatic N) is 3. The van der Waals surface area contributed by atoms with E-state index in [1.807, 2.05) is 0 Å². The fourth-order valence-corrected chi connectivity index (χ4v) is 5.94. The number of carbonyl (C=O) groups excluding carboxylic acids is 2. The zero-order valence-electron chi connectivity index (χ0n) is 24.8. The van der Waals surface area contributed by atoms with Crippen LogP contribution in [-0.2, 0) is 19.6 Å². The number of hydrogen-bond acceptors (Lipinski definition) is 9. The topological polar surface area (TPSA) is 170 Å². The standard InChI is InChI=1S/C31H27Cl2N5O8S/c1-20-6-12-26(16-27(20)38(41)42)47(43,44)37(28-15-23(33)9-13-29(28)45-2)18-30(39)36-34-17-21-7-10-25(11-8-21)46-19-31(40)35-24-5-3-4-22(32)14-24/h3-17H,18-19H2,1-2H3,(H,35,40)(H,36,39)/b34-17-. The Kier molecular flexibility index (Phi) is 11.4. The lowest BCUT2D eigenvalue weighted by Crippen LogP contribution is -2.39. The quantitative estimate of drug-likeness (QED) is 0.103. The van der Waals surface area contributed by atoms with Gasteiger partial charge >= 0.3 is 0 Å². The van der Waals surface area contributed by atoms with Crippen molar-refractivity contribution in [2.24, 2.45) is 5.10 Å². The fourth-order valence-electron chi connectivity index (χ4n) is 4.14. The summed E-state index contributed by atoms with van der Waals surface area (Å²) in [5.74, 6) is -0.730. The number of nitrogens with one attached hydrogen (secondary N) is 2. The average Bonchev–Trinajstić information content (AvgIpc) is 3.03. The molecule has 13 nitrogen and oxygen atoms in total. The van der Waals surface area contributed by atoms with Crippen molar-refractivity contribution in [2.45, 2.75) is 11.8 Å². The molecule has 0 bridgehead atoms. The monoisotopic (exact) mass is 699 g/mol. The maximum Gasteiger partial charge on any atom is 0.273 e. The Bertz CT molecular complexity index is 1940. The van der Waals surface area contributed by atoms with Gasteiger partial charge in [-0.1, -0.05) is 35.3 Å². The highest BCUT2D eigenvalue weighted by Gasteiger charge is 2.31. The highest BCUT2D eigenvalue weighted by molar-refractivity contribution is 7.92. The van der Waals surface area contributed by atoms with E-state index in [4.69, 9.17) is 32.7 Å². The second-order valence-corrected chi connectivity index (χ2v) is 12.5. The van der Waals surface area contributed by atoms with Gasteiger partial charge in [-0.15, -0.1) is 0 Å². The van der Waals surface area contributed by atoms with Crippen LogP contribution < -0.4 is 24.5 Å². The number of methoxy groups -OCH3 is 1. The number of nitro groups is 1. The molecule has 4 rings (SSSR count). The van der Waals surface area contributed by atoms with Gasteiger partial charge in [0.2, 0.25) is 0 Å². The molecule has 0 heterocycles. The van der Waals surface area contributed by atoms with Crippen molar-refractivity contribution in [3.8, 4) is 11.5 Å². The highest BCUT2D eigenvalue weighted by Crippen LogP contribution is 2.35. The molecule has 0 aliphatic rings. The van der Waals surface area contributed by atoms with Gasteiger partial charge in [-0.05, 0) is 79.2 Å². The third-order valence-corrected chi connectivity index (χ3v) is 8.65. The van der Waals surface area contributed by atoms with Crippen LogP contribution in [0.4, 0.5) is 17.1 Å². The molecule has 0 aromatic heterocycles. The van der Waals surface area contributed by atoms with E-state index in [0.717, 1.165) is 10.4 Å². The summed E-state index contributed by atoms with van der Waals surface area (Å²) in [5, 5.41) is 18.7. The van der Waals surface area contributed by atoms with Crippen molar-refractivity contribution in [1.82, 2.24) is 5.43 Å². The summed E-state index contributed by atoms with van der Waals surface area (Å²) in [7, 11) is -3.25. The SMILES string of the molecule is COc1ccc(Cl)cc1N(CC(=O)N/N=C\c1ccc(OCC(=O)Nc2cccc(Cl)c2)cc1)S(=O)(=O)c1ccc(C)c([N+](=O)[O-])c1. The largest absolute Gasteiger partial charge is 0.495 e. The second kappa shape index (κ2) is 15.4. The molecule has 244 valence electrons. The van der Waals surface area contributed by atoms with Crippen LogP contribution in [0.1, 0.15) is 11.1 Å². The van der Waals surface area contributed by atoms with E-state index in [9.17, 15) is 28.1 Å². The number of sulfonamides is 1. The van der Waals surface area contributed by atoms with Gasteiger partial charge in [-0.25, -0.2) is 13.8 Å². The van der Waals surface area contributed by atoms with Gasteiger partial charge in [0.05, 0.1) is 28.8 Å². The fraction of sp³-hybridized carbons (Fsp3) is 0.129. The third-order valence-electron chi connectivity index (χ3n) is 6.42. The Morgan fingerprint density at radius 1 is 0.979 bits per heavy atom. The minimum absolute atomic E-state index is 0.0702. The van der Waals surface area contributed by atoms with Gasteiger partial charge in [0.1, 0.15) is 18.0 Å². The molecule has 0 unspecified atom stereocenters. The molecule has 2 amide bonds. The number of aryl methyl sites for hydroxylation is 1. The minimum atomic E-state index is -4.56. The number of carbonyl (C=O) groups is 2. The smallest absolute Gasteiger partial charge is 0.273 e. The number of halogens is 2. The molecule has 0 fully saturated rings. The lowest BCUT2D eigenvalue weighted by atomic mass is 10.2. The van der Waals surface area contributed by atoms with E-state index in [1.54, 1.807) is 48.5 Å². The molecule has 0 aliphatic carbocycles. The number of hydrogen-bond donors (Lipinski definition) is 2. The third kappa shape index (κ3) is 9.19. The van der Waals surface area contributed by atoms with Gasteiger partial charge in [-0.2, -0.15) is 5.10 Å². The van der Waals surface area contributed by atoms with Crippen LogP contribution in [0.3, 0.4) is 0 Å². The lowest BCUT2D eigenvalue weighted by Gasteiger charge is -2.25.